The van der Waals surface area contributed by atoms with Gasteiger partial charge in [0, 0.05) is 5.54 Å². The fourth-order valence-electron chi connectivity index (χ4n) is 2.06. The van der Waals surface area contributed by atoms with Gasteiger partial charge in [0.05, 0.1) is 6.04 Å². The second-order valence-corrected chi connectivity index (χ2v) is 5.59. The van der Waals surface area contributed by atoms with E-state index in [1.54, 1.807) is 6.92 Å². The zero-order chi connectivity index (χ0) is 15.2. The van der Waals surface area contributed by atoms with Crippen molar-refractivity contribution in [3.63, 3.8) is 0 Å². The maximum atomic E-state index is 11.6. The van der Waals surface area contributed by atoms with Crippen molar-refractivity contribution in [2.45, 2.75) is 45.2 Å². The molecule has 1 atom stereocenters. The first kappa shape index (κ1) is 16.2. The van der Waals surface area contributed by atoms with Crippen molar-refractivity contribution in [1.82, 2.24) is 10.6 Å². The van der Waals surface area contributed by atoms with E-state index in [9.17, 15) is 9.59 Å². The predicted molar refractivity (Wildman–Crippen MR) is 79.2 cm³/mol. The number of primary amides is 1. The van der Waals surface area contributed by atoms with Gasteiger partial charge < -0.3 is 11.1 Å². The van der Waals surface area contributed by atoms with Gasteiger partial charge in [-0.25, -0.2) is 4.79 Å². The van der Waals surface area contributed by atoms with Crippen LogP contribution >= 0.6 is 0 Å². The van der Waals surface area contributed by atoms with Gasteiger partial charge in [0.25, 0.3) is 0 Å². The van der Waals surface area contributed by atoms with Crippen LogP contribution in [0.3, 0.4) is 0 Å². The monoisotopic (exact) mass is 277 g/mol. The van der Waals surface area contributed by atoms with E-state index in [1.165, 1.54) is 5.56 Å². The zero-order valence-electron chi connectivity index (χ0n) is 12.3. The number of aryl methyl sites for hydroxylation is 1. The second kappa shape index (κ2) is 7.05. The fraction of sp³-hybridized carbons (Fsp3) is 0.467. The Bertz CT molecular complexity index is 457. The summed E-state index contributed by atoms with van der Waals surface area (Å²) in [5.41, 5.74) is 5.97. The molecule has 0 aliphatic carbocycles. The summed E-state index contributed by atoms with van der Waals surface area (Å²) < 4.78 is 0. The summed E-state index contributed by atoms with van der Waals surface area (Å²) in [7, 11) is 0. The molecule has 110 valence electrons. The van der Waals surface area contributed by atoms with E-state index in [0.717, 1.165) is 12.8 Å². The van der Waals surface area contributed by atoms with Gasteiger partial charge in [-0.15, -0.1) is 0 Å². The second-order valence-electron chi connectivity index (χ2n) is 5.59. The lowest BCUT2D eigenvalue weighted by Gasteiger charge is -2.29. The number of nitrogens with one attached hydrogen (secondary N) is 2. The van der Waals surface area contributed by atoms with E-state index in [1.807, 2.05) is 32.0 Å². The minimum absolute atomic E-state index is 0.218. The molecule has 20 heavy (non-hydrogen) atoms. The summed E-state index contributed by atoms with van der Waals surface area (Å²) in [6.45, 7) is 5.77. The fourth-order valence-corrected chi connectivity index (χ4v) is 2.06. The highest BCUT2D eigenvalue weighted by molar-refractivity contribution is 5.96. The van der Waals surface area contributed by atoms with Crippen LogP contribution < -0.4 is 16.4 Å². The number of imide groups is 1. The van der Waals surface area contributed by atoms with Crippen molar-refractivity contribution in [2.75, 3.05) is 0 Å². The highest BCUT2D eigenvalue weighted by Gasteiger charge is 2.24. The lowest BCUT2D eigenvalue weighted by atomic mass is 9.94. The minimum Gasteiger partial charge on any atom is -0.351 e. The maximum absolute atomic E-state index is 11.6. The average Bonchev–Trinajstić information content (AvgIpc) is 2.36. The van der Waals surface area contributed by atoms with Gasteiger partial charge in [-0.05, 0) is 39.2 Å². The third-order valence-electron chi connectivity index (χ3n) is 3.13. The Labute approximate surface area is 119 Å². The highest BCUT2D eigenvalue weighted by Crippen LogP contribution is 2.14. The van der Waals surface area contributed by atoms with Crippen LogP contribution in [0.25, 0.3) is 0 Å². The van der Waals surface area contributed by atoms with E-state index in [0.29, 0.717) is 0 Å². The van der Waals surface area contributed by atoms with Crippen LogP contribution in [-0.2, 0) is 11.2 Å². The zero-order valence-corrected chi connectivity index (χ0v) is 12.3. The third kappa shape index (κ3) is 5.84. The lowest BCUT2D eigenvalue weighted by Crippen LogP contribution is -2.53. The van der Waals surface area contributed by atoms with Gasteiger partial charge in [-0.3, -0.25) is 10.1 Å². The molecular weight excluding hydrogens is 254 g/mol. The summed E-state index contributed by atoms with van der Waals surface area (Å²) in [5.74, 6) is -0.412. The highest BCUT2D eigenvalue weighted by atomic mass is 16.2. The summed E-state index contributed by atoms with van der Waals surface area (Å²) in [4.78, 5) is 22.3. The topological polar surface area (TPSA) is 84.2 Å². The molecule has 0 heterocycles. The molecule has 0 saturated carbocycles. The molecule has 0 bridgehead atoms. The Hall–Kier alpha value is -1.88. The molecule has 0 radical (unpaired) electrons. The van der Waals surface area contributed by atoms with Gasteiger partial charge >= 0.3 is 6.03 Å². The minimum atomic E-state index is -0.828. The Morgan fingerprint density at radius 2 is 1.85 bits per heavy atom. The van der Waals surface area contributed by atoms with Crippen molar-refractivity contribution < 1.29 is 9.59 Å². The normalized spacial score (nSPS) is 12.8. The molecule has 3 amide bonds. The molecule has 5 nitrogen and oxygen atoms in total. The molecule has 1 rings (SSSR count). The number of amides is 3. The van der Waals surface area contributed by atoms with Crippen molar-refractivity contribution in [3.8, 4) is 0 Å². The predicted octanol–water partition coefficient (Wildman–Crippen LogP) is 1.57. The molecule has 5 heteroatoms. The van der Waals surface area contributed by atoms with Crippen molar-refractivity contribution in [3.05, 3.63) is 35.9 Å². The average molecular weight is 277 g/mol. The van der Waals surface area contributed by atoms with Crippen molar-refractivity contribution >= 4 is 11.9 Å². The van der Waals surface area contributed by atoms with Crippen LogP contribution in [0, 0.1) is 0 Å². The molecule has 1 aromatic carbocycles. The first-order chi connectivity index (χ1) is 9.30. The van der Waals surface area contributed by atoms with Crippen LogP contribution in [0.1, 0.15) is 32.8 Å². The molecule has 0 spiro atoms. The van der Waals surface area contributed by atoms with Crippen LogP contribution in [0.5, 0.6) is 0 Å². The molecule has 1 unspecified atom stereocenters. The van der Waals surface area contributed by atoms with E-state index in [2.05, 4.69) is 22.8 Å². The standard InChI is InChI=1S/C15H23N3O2/c1-11(13(19)17-14(16)20)18-15(2,3)10-9-12-7-5-4-6-8-12/h4-8,11,18H,9-10H2,1-3H3,(H3,16,17,19,20). The smallest absolute Gasteiger partial charge is 0.318 e. The summed E-state index contributed by atoms with van der Waals surface area (Å²) in [6.07, 6.45) is 1.80. The van der Waals surface area contributed by atoms with Crippen LogP contribution in [0.2, 0.25) is 0 Å². The third-order valence-corrected chi connectivity index (χ3v) is 3.13. The Morgan fingerprint density at radius 1 is 1.25 bits per heavy atom. The van der Waals surface area contributed by atoms with Crippen LogP contribution in [-0.4, -0.2) is 23.5 Å². The SMILES string of the molecule is CC(NC(C)(C)CCc1ccccc1)C(=O)NC(N)=O. The number of nitrogens with two attached hydrogens (primary N) is 1. The molecule has 4 N–H and O–H groups in total. The number of benzene rings is 1. The van der Waals surface area contributed by atoms with Gasteiger partial charge in [0.2, 0.25) is 5.91 Å². The van der Waals surface area contributed by atoms with E-state index in [-0.39, 0.29) is 5.54 Å². The number of carbonyl (C=O) groups excluding carboxylic acids is 2. The van der Waals surface area contributed by atoms with Crippen LogP contribution in [0.15, 0.2) is 30.3 Å². The molecule has 0 aliphatic heterocycles. The first-order valence-corrected chi connectivity index (χ1v) is 6.72. The van der Waals surface area contributed by atoms with Crippen LogP contribution in [0.4, 0.5) is 4.79 Å². The van der Waals surface area contributed by atoms with Gasteiger partial charge in [-0.2, -0.15) is 0 Å². The molecule has 0 aliphatic rings. The van der Waals surface area contributed by atoms with E-state index >= 15 is 0 Å². The first-order valence-electron chi connectivity index (χ1n) is 6.72. The van der Waals surface area contributed by atoms with Crippen molar-refractivity contribution in [2.24, 2.45) is 5.73 Å². The maximum Gasteiger partial charge on any atom is 0.318 e. The number of rotatable bonds is 6. The lowest BCUT2D eigenvalue weighted by molar-refractivity contribution is -0.122. The molecule has 1 aromatic rings. The van der Waals surface area contributed by atoms with E-state index in [4.69, 9.17) is 5.73 Å². The summed E-state index contributed by atoms with van der Waals surface area (Å²) in [5, 5.41) is 5.29. The Balaban J connectivity index is 2.48. The van der Waals surface area contributed by atoms with Crippen molar-refractivity contribution in [1.29, 1.82) is 0 Å². The summed E-state index contributed by atoms with van der Waals surface area (Å²) in [6, 6.07) is 8.87. The Kier molecular flexibility index (Phi) is 5.70. The number of urea groups is 1. The van der Waals surface area contributed by atoms with Gasteiger partial charge in [-0.1, -0.05) is 30.3 Å². The molecular formula is C15H23N3O2. The van der Waals surface area contributed by atoms with E-state index < -0.39 is 18.0 Å². The number of carbonyl (C=O) groups is 2. The number of hydrogen-bond acceptors (Lipinski definition) is 3. The molecule has 0 aromatic heterocycles. The van der Waals surface area contributed by atoms with Gasteiger partial charge in [0.15, 0.2) is 0 Å². The molecule has 0 saturated heterocycles. The quantitative estimate of drug-likeness (QED) is 0.738. The largest absolute Gasteiger partial charge is 0.351 e. The van der Waals surface area contributed by atoms with Gasteiger partial charge in [0.1, 0.15) is 0 Å². The number of hydrogen-bond donors (Lipinski definition) is 3. The Morgan fingerprint density at radius 3 is 2.40 bits per heavy atom. The summed E-state index contributed by atoms with van der Waals surface area (Å²) >= 11 is 0. The molecule has 0 fully saturated rings.